The van der Waals surface area contributed by atoms with Crippen molar-refractivity contribution in [2.75, 3.05) is 6.61 Å². The van der Waals surface area contributed by atoms with Gasteiger partial charge < -0.3 is 4.74 Å². The van der Waals surface area contributed by atoms with Crippen molar-refractivity contribution in [2.24, 2.45) is 0 Å². The van der Waals surface area contributed by atoms with Gasteiger partial charge in [-0.1, -0.05) is 0 Å². The molecule has 0 aliphatic rings. The van der Waals surface area contributed by atoms with Crippen LogP contribution < -0.4 is 4.74 Å². The van der Waals surface area contributed by atoms with Crippen LogP contribution in [0, 0.1) is 19.3 Å². The lowest BCUT2D eigenvalue weighted by Gasteiger charge is -2.09. The number of benzene rings is 1. The van der Waals surface area contributed by atoms with Crippen LogP contribution in [0.3, 0.4) is 0 Å². The molecule has 0 unspecified atom stereocenters. The molecule has 0 atom stereocenters. The molecule has 0 aliphatic heterocycles. The quantitative estimate of drug-likeness (QED) is 0.470. The molecule has 17 heavy (non-hydrogen) atoms. The van der Waals surface area contributed by atoms with Crippen LogP contribution in [0.15, 0.2) is 23.1 Å². The average Bonchev–Trinajstić information content (AvgIpc) is 2.24. The molecule has 1 aromatic carbocycles. The number of unbranched alkanes of at least 4 members (excludes halogenated alkanes) is 1. The van der Waals surface area contributed by atoms with Crippen molar-refractivity contribution in [1.82, 2.24) is 0 Å². The topological polar surface area (TPSA) is 43.4 Å². The zero-order valence-electron chi connectivity index (χ0n) is 9.44. The van der Waals surface area contributed by atoms with Crippen molar-refractivity contribution in [1.29, 1.82) is 0 Å². The first-order valence-electron chi connectivity index (χ1n) is 5.06. The van der Waals surface area contributed by atoms with E-state index in [-0.39, 0.29) is 4.90 Å². The van der Waals surface area contributed by atoms with E-state index >= 15 is 0 Å². The lowest BCUT2D eigenvalue weighted by molar-refractivity contribution is 0.310. The number of aryl methyl sites for hydroxylation is 1. The van der Waals surface area contributed by atoms with Crippen LogP contribution in [-0.4, -0.2) is 15.0 Å². The third-order valence-corrected chi connectivity index (χ3v) is 3.50. The fourth-order valence-electron chi connectivity index (χ4n) is 1.29. The van der Waals surface area contributed by atoms with Crippen LogP contribution in [0.5, 0.6) is 5.75 Å². The standard InChI is InChI=1S/C12H13ClO3S/c1-3-4-5-8-16-12-7-6-11(9-10(12)2)17(13,14)15/h1,6-7,9H,4-5,8H2,2H3. The first-order valence-corrected chi connectivity index (χ1v) is 7.37. The SMILES string of the molecule is C#CCCCOc1ccc(S(=O)(=O)Cl)cc1C. The second kappa shape index (κ2) is 5.95. The molecular formula is C12H13ClO3S. The van der Waals surface area contributed by atoms with Crippen LogP contribution >= 0.6 is 10.7 Å². The average molecular weight is 273 g/mol. The highest BCUT2D eigenvalue weighted by atomic mass is 35.7. The van der Waals surface area contributed by atoms with Gasteiger partial charge in [0.25, 0.3) is 9.05 Å². The van der Waals surface area contributed by atoms with Gasteiger partial charge in [0.15, 0.2) is 0 Å². The third kappa shape index (κ3) is 4.29. The maximum atomic E-state index is 11.1. The van der Waals surface area contributed by atoms with E-state index in [4.69, 9.17) is 21.8 Å². The molecular weight excluding hydrogens is 260 g/mol. The molecule has 0 fully saturated rings. The maximum Gasteiger partial charge on any atom is 0.261 e. The monoisotopic (exact) mass is 272 g/mol. The highest BCUT2D eigenvalue weighted by Crippen LogP contribution is 2.23. The predicted octanol–water partition coefficient (Wildman–Crippen LogP) is 2.71. The van der Waals surface area contributed by atoms with Crippen molar-refractivity contribution in [3.8, 4) is 18.1 Å². The summed E-state index contributed by atoms with van der Waals surface area (Å²) in [6.07, 6.45) is 6.55. The summed E-state index contributed by atoms with van der Waals surface area (Å²) in [7, 11) is 1.56. The Kier molecular flexibility index (Phi) is 4.86. The van der Waals surface area contributed by atoms with Crippen molar-refractivity contribution in [2.45, 2.75) is 24.7 Å². The molecule has 0 aliphatic carbocycles. The van der Waals surface area contributed by atoms with Crippen molar-refractivity contribution < 1.29 is 13.2 Å². The van der Waals surface area contributed by atoms with Gasteiger partial charge in [0.1, 0.15) is 5.75 Å². The Morgan fingerprint density at radius 3 is 2.71 bits per heavy atom. The van der Waals surface area contributed by atoms with Crippen LogP contribution in [0.1, 0.15) is 18.4 Å². The van der Waals surface area contributed by atoms with E-state index < -0.39 is 9.05 Å². The summed E-state index contributed by atoms with van der Waals surface area (Å²) in [5, 5.41) is 0. The summed E-state index contributed by atoms with van der Waals surface area (Å²) in [5.74, 6) is 3.17. The zero-order valence-corrected chi connectivity index (χ0v) is 11.0. The van der Waals surface area contributed by atoms with E-state index in [1.807, 2.05) is 0 Å². The van der Waals surface area contributed by atoms with Crippen molar-refractivity contribution >= 4 is 19.7 Å². The predicted molar refractivity (Wildman–Crippen MR) is 67.8 cm³/mol. The number of halogens is 1. The number of hydrogen-bond donors (Lipinski definition) is 0. The lowest BCUT2D eigenvalue weighted by atomic mass is 10.2. The van der Waals surface area contributed by atoms with Gasteiger partial charge in [-0.2, -0.15) is 0 Å². The first kappa shape index (κ1) is 13.9. The van der Waals surface area contributed by atoms with Crippen LogP contribution in [0.2, 0.25) is 0 Å². The summed E-state index contributed by atoms with van der Waals surface area (Å²) in [4.78, 5) is 0.0765. The Labute approximate surface area is 106 Å². The molecule has 92 valence electrons. The van der Waals surface area contributed by atoms with Gasteiger partial charge >= 0.3 is 0 Å². The second-order valence-electron chi connectivity index (χ2n) is 3.52. The summed E-state index contributed by atoms with van der Waals surface area (Å²) < 4.78 is 27.7. The Morgan fingerprint density at radius 2 is 2.18 bits per heavy atom. The highest BCUT2D eigenvalue weighted by Gasteiger charge is 2.11. The first-order chi connectivity index (χ1) is 7.95. The zero-order chi connectivity index (χ0) is 12.9. The minimum absolute atomic E-state index is 0.0765. The van der Waals surface area contributed by atoms with Gasteiger partial charge in [-0.15, -0.1) is 12.3 Å². The van der Waals surface area contributed by atoms with Gasteiger partial charge in [0.2, 0.25) is 0 Å². The molecule has 0 N–H and O–H groups in total. The summed E-state index contributed by atoms with van der Waals surface area (Å²) in [6, 6.07) is 4.51. The van der Waals surface area contributed by atoms with Gasteiger partial charge in [-0.05, 0) is 37.1 Å². The molecule has 0 bridgehead atoms. The lowest BCUT2D eigenvalue weighted by Crippen LogP contribution is -1.99. The van der Waals surface area contributed by atoms with E-state index in [0.717, 1.165) is 12.0 Å². The fourth-order valence-corrected chi connectivity index (χ4v) is 2.13. The fraction of sp³-hybridized carbons (Fsp3) is 0.333. The molecule has 0 heterocycles. The number of hydrogen-bond acceptors (Lipinski definition) is 3. The van der Waals surface area contributed by atoms with Crippen LogP contribution in [0.4, 0.5) is 0 Å². The van der Waals surface area contributed by atoms with Gasteiger partial charge in [0.05, 0.1) is 11.5 Å². The Bertz CT molecular complexity index is 529. The molecule has 1 aromatic rings. The molecule has 0 spiro atoms. The second-order valence-corrected chi connectivity index (χ2v) is 6.09. The minimum Gasteiger partial charge on any atom is -0.493 e. The molecule has 0 saturated heterocycles. The van der Waals surface area contributed by atoms with Crippen LogP contribution in [0.25, 0.3) is 0 Å². The summed E-state index contributed by atoms with van der Waals surface area (Å²) in [5.41, 5.74) is 0.729. The molecule has 0 saturated carbocycles. The molecule has 0 radical (unpaired) electrons. The summed E-state index contributed by atoms with van der Waals surface area (Å²) >= 11 is 0. The Hall–Kier alpha value is -1.18. The third-order valence-electron chi connectivity index (χ3n) is 2.15. The molecule has 0 aromatic heterocycles. The van der Waals surface area contributed by atoms with Gasteiger partial charge in [0, 0.05) is 17.1 Å². The van der Waals surface area contributed by atoms with Crippen molar-refractivity contribution in [3.63, 3.8) is 0 Å². The number of ether oxygens (including phenoxy) is 1. The largest absolute Gasteiger partial charge is 0.493 e. The van der Waals surface area contributed by atoms with Gasteiger partial charge in [-0.3, -0.25) is 0 Å². The Balaban J connectivity index is 2.74. The van der Waals surface area contributed by atoms with E-state index in [1.165, 1.54) is 12.1 Å². The normalized spacial score (nSPS) is 10.9. The van der Waals surface area contributed by atoms with E-state index in [1.54, 1.807) is 13.0 Å². The maximum absolute atomic E-state index is 11.1. The van der Waals surface area contributed by atoms with E-state index in [0.29, 0.717) is 18.8 Å². The smallest absolute Gasteiger partial charge is 0.261 e. The number of rotatable bonds is 5. The minimum atomic E-state index is -3.68. The molecule has 1 rings (SSSR count). The van der Waals surface area contributed by atoms with E-state index in [9.17, 15) is 8.42 Å². The molecule has 0 amide bonds. The Morgan fingerprint density at radius 1 is 1.47 bits per heavy atom. The van der Waals surface area contributed by atoms with Crippen molar-refractivity contribution in [3.05, 3.63) is 23.8 Å². The van der Waals surface area contributed by atoms with E-state index in [2.05, 4.69) is 5.92 Å². The van der Waals surface area contributed by atoms with Crippen LogP contribution in [-0.2, 0) is 9.05 Å². The number of terminal acetylenes is 1. The molecule has 5 heteroatoms. The van der Waals surface area contributed by atoms with Gasteiger partial charge in [-0.25, -0.2) is 8.42 Å². The highest BCUT2D eigenvalue weighted by molar-refractivity contribution is 8.13. The summed E-state index contributed by atoms with van der Waals surface area (Å²) in [6.45, 7) is 2.28. The molecule has 3 nitrogen and oxygen atoms in total.